The summed E-state index contributed by atoms with van der Waals surface area (Å²) in [6, 6.07) is 55.2. The van der Waals surface area contributed by atoms with E-state index in [2.05, 4.69) is 144 Å². The number of aryl methyl sites for hydroxylation is 2. The van der Waals surface area contributed by atoms with Crippen LogP contribution in [0.2, 0.25) is 19.6 Å². The summed E-state index contributed by atoms with van der Waals surface area (Å²) in [7, 11) is -1.23. The number of furan rings is 1. The molecule has 0 aliphatic rings. The zero-order valence-electron chi connectivity index (χ0n) is 33.5. The van der Waals surface area contributed by atoms with Gasteiger partial charge in [-0.15, -0.1) is 35.9 Å². The van der Waals surface area contributed by atoms with Gasteiger partial charge in [0.1, 0.15) is 0 Å². The van der Waals surface area contributed by atoms with Gasteiger partial charge in [-0.2, -0.15) is 0 Å². The van der Waals surface area contributed by atoms with Gasteiger partial charge in [0, 0.05) is 48.5 Å². The number of imidazole rings is 1. The van der Waals surface area contributed by atoms with E-state index in [0.29, 0.717) is 22.7 Å². The second-order valence-corrected chi connectivity index (χ2v) is 20.5. The van der Waals surface area contributed by atoms with Crippen LogP contribution in [0, 0.1) is 26.1 Å². The van der Waals surface area contributed by atoms with Crippen molar-refractivity contribution < 1.29 is 24.5 Å². The van der Waals surface area contributed by atoms with Crippen LogP contribution < -0.4 is 5.19 Å². The Balaban J connectivity index is 0.000000240. The standard InChI is InChI=1S/C37H25N4O.C14H16NSi.Ir/c1-23-20-21-29-33-24(2)38-22-30(35(33)42-37(29)39-23)36-40-31-18-9-10-19-32(31)41(36)34-27(25-12-5-3-6-13-25)16-11-17-28(34)26-14-7-4-8-15-26;1-16(2,3)13-9-10-14(15-11-13)12-7-5-4-6-8-12;/h3-21H,1-2H3;4-7,9-11H,1-3H3;/q2*-1;. The number of hydrogen-bond acceptors (Lipinski definition) is 5. The van der Waals surface area contributed by atoms with Crippen molar-refractivity contribution in [2.75, 3.05) is 0 Å². The van der Waals surface area contributed by atoms with Gasteiger partial charge >= 0.3 is 0 Å². The van der Waals surface area contributed by atoms with Gasteiger partial charge in [0.2, 0.25) is 5.71 Å². The molecule has 0 amide bonds. The minimum Gasteiger partial charge on any atom is -0.486 e. The van der Waals surface area contributed by atoms with E-state index in [1.54, 1.807) is 0 Å². The van der Waals surface area contributed by atoms with E-state index in [9.17, 15) is 0 Å². The molecule has 0 unspecified atom stereocenters. The molecule has 6 nitrogen and oxygen atoms in total. The van der Waals surface area contributed by atoms with Crippen molar-refractivity contribution >= 4 is 46.4 Å². The minimum atomic E-state index is -1.23. The summed E-state index contributed by atoms with van der Waals surface area (Å²) in [6.45, 7) is 10.9. The van der Waals surface area contributed by atoms with E-state index in [0.717, 1.165) is 72.4 Å². The summed E-state index contributed by atoms with van der Waals surface area (Å²) >= 11 is 0. The van der Waals surface area contributed by atoms with Crippen LogP contribution in [-0.4, -0.2) is 32.6 Å². The molecule has 5 aromatic heterocycles. The summed E-state index contributed by atoms with van der Waals surface area (Å²) in [6.07, 6.45) is 5.32. The summed E-state index contributed by atoms with van der Waals surface area (Å²) in [4.78, 5) is 19.1. The monoisotopic (exact) mass is 960 g/mol. The molecule has 0 bridgehead atoms. The Kier molecular flexibility index (Phi) is 11.1. The Labute approximate surface area is 359 Å². The van der Waals surface area contributed by atoms with Crippen LogP contribution in [0.25, 0.3) is 83.7 Å². The van der Waals surface area contributed by atoms with Crippen LogP contribution in [0.1, 0.15) is 11.4 Å². The van der Waals surface area contributed by atoms with Crippen molar-refractivity contribution in [1.82, 2.24) is 24.5 Å². The molecule has 59 heavy (non-hydrogen) atoms. The average Bonchev–Trinajstić information content (AvgIpc) is 3.83. The molecule has 0 atom stereocenters. The Morgan fingerprint density at radius 2 is 1.34 bits per heavy atom. The Morgan fingerprint density at radius 1 is 0.661 bits per heavy atom. The van der Waals surface area contributed by atoms with E-state index in [-0.39, 0.29) is 20.1 Å². The second kappa shape index (κ2) is 16.5. The van der Waals surface area contributed by atoms with E-state index in [1.807, 2.05) is 74.6 Å². The number of rotatable bonds is 6. The third-order valence-corrected chi connectivity index (χ3v) is 12.5. The third kappa shape index (κ3) is 7.71. The molecule has 10 rings (SSSR count). The fourth-order valence-corrected chi connectivity index (χ4v) is 8.49. The minimum absolute atomic E-state index is 0. The maximum absolute atomic E-state index is 6.48. The molecule has 0 N–H and O–H groups in total. The summed E-state index contributed by atoms with van der Waals surface area (Å²) < 4.78 is 8.72. The van der Waals surface area contributed by atoms with Gasteiger partial charge in [0.25, 0.3) is 0 Å². The quantitative estimate of drug-likeness (QED) is 0.123. The molecule has 0 fully saturated rings. The predicted molar refractivity (Wildman–Crippen MR) is 240 cm³/mol. The van der Waals surface area contributed by atoms with Crippen molar-refractivity contribution in [3.63, 3.8) is 0 Å². The zero-order chi connectivity index (χ0) is 39.8. The average molecular weight is 960 g/mol. The Bertz CT molecular complexity index is 2990. The van der Waals surface area contributed by atoms with Crippen LogP contribution in [0.4, 0.5) is 0 Å². The van der Waals surface area contributed by atoms with E-state index < -0.39 is 8.07 Å². The normalized spacial score (nSPS) is 11.3. The molecule has 0 saturated heterocycles. The zero-order valence-corrected chi connectivity index (χ0v) is 36.9. The summed E-state index contributed by atoms with van der Waals surface area (Å²) in [5.41, 5.74) is 13.1. The van der Waals surface area contributed by atoms with Gasteiger partial charge in [-0.1, -0.05) is 130 Å². The number of nitrogens with zero attached hydrogens (tertiary/aromatic N) is 5. The molecular weight excluding hydrogens is 919 g/mol. The summed E-state index contributed by atoms with van der Waals surface area (Å²) in [5.74, 6) is 0.713. The third-order valence-electron chi connectivity index (χ3n) is 10.4. The van der Waals surface area contributed by atoms with Gasteiger partial charge in [0.05, 0.1) is 36.2 Å². The van der Waals surface area contributed by atoms with Crippen molar-refractivity contribution in [3.05, 3.63) is 182 Å². The Hall–Kier alpha value is -6.31. The SMILES string of the molecule is C[Si](C)(C)c1ccc(-c2[c-]cccc2)nc1.Cc1ccc2c(n1)oc1c(-c3nc4ccccc4n3-c3c(-c4ccccc4)cccc3-c3ccccc3)[c-]nc(C)c12.[Ir]. The topological polar surface area (TPSA) is 69.6 Å². The van der Waals surface area contributed by atoms with Crippen molar-refractivity contribution in [2.24, 2.45) is 0 Å². The predicted octanol–water partition coefficient (Wildman–Crippen LogP) is 12.2. The molecule has 0 saturated carbocycles. The maximum atomic E-state index is 6.48. The van der Waals surface area contributed by atoms with Crippen molar-refractivity contribution in [1.29, 1.82) is 0 Å². The molecule has 0 aliphatic heterocycles. The molecule has 0 aliphatic carbocycles. The fourth-order valence-electron chi connectivity index (χ4n) is 7.46. The summed E-state index contributed by atoms with van der Waals surface area (Å²) in [5, 5.41) is 3.27. The molecule has 0 spiro atoms. The van der Waals surface area contributed by atoms with Crippen LogP contribution in [0.3, 0.4) is 0 Å². The first kappa shape index (κ1) is 39.5. The number of hydrogen-bond donors (Lipinski definition) is 0. The molecule has 291 valence electrons. The first-order chi connectivity index (χ1) is 28.2. The van der Waals surface area contributed by atoms with Gasteiger partial charge in [-0.05, 0) is 76.0 Å². The van der Waals surface area contributed by atoms with Gasteiger partial charge in [-0.3, -0.25) is 4.98 Å². The van der Waals surface area contributed by atoms with Gasteiger partial charge in [-0.25, -0.2) is 4.98 Å². The van der Waals surface area contributed by atoms with Crippen molar-refractivity contribution in [2.45, 2.75) is 33.5 Å². The molecule has 5 heterocycles. The van der Waals surface area contributed by atoms with Gasteiger partial charge < -0.3 is 19.0 Å². The van der Waals surface area contributed by atoms with E-state index in [1.165, 1.54) is 5.19 Å². The maximum Gasteiger partial charge on any atom is 0.216 e. The fraction of sp³-hybridized carbons (Fsp3) is 0.0980. The number of para-hydroxylation sites is 3. The molecule has 8 heteroatoms. The molecule has 1 radical (unpaired) electrons. The van der Waals surface area contributed by atoms with Gasteiger partial charge in [0.15, 0.2) is 0 Å². The smallest absolute Gasteiger partial charge is 0.216 e. The number of fused-ring (bicyclic) bond motifs is 4. The Morgan fingerprint density at radius 3 is 1.98 bits per heavy atom. The van der Waals surface area contributed by atoms with Crippen LogP contribution >= 0.6 is 0 Å². The largest absolute Gasteiger partial charge is 0.486 e. The second-order valence-electron chi connectivity index (χ2n) is 15.4. The number of pyridine rings is 3. The van der Waals surface area contributed by atoms with E-state index in [4.69, 9.17) is 14.4 Å². The molecular formula is C51H41IrN5OSi-2. The molecule has 10 aromatic rings. The number of aromatic nitrogens is 5. The van der Waals surface area contributed by atoms with Crippen LogP contribution in [0.5, 0.6) is 0 Å². The first-order valence-electron chi connectivity index (χ1n) is 19.5. The number of benzene rings is 5. The first-order valence-corrected chi connectivity index (χ1v) is 23.0. The van der Waals surface area contributed by atoms with Crippen LogP contribution in [0.15, 0.2) is 162 Å². The molecule has 5 aromatic carbocycles. The van der Waals surface area contributed by atoms with Crippen molar-refractivity contribution in [3.8, 4) is 50.6 Å². The van der Waals surface area contributed by atoms with E-state index >= 15 is 0 Å². The van der Waals surface area contributed by atoms with Crippen LogP contribution in [-0.2, 0) is 20.1 Å².